The van der Waals surface area contributed by atoms with E-state index in [2.05, 4.69) is 20.2 Å². The second-order valence-electron chi connectivity index (χ2n) is 8.36. The van der Waals surface area contributed by atoms with Crippen LogP contribution < -0.4 is 10.6 Å². The van der Waals surface area contributed by atoms with Gasteiger partial charge in [0.2, 0.25) is 0 Å². The van der Waals surface area contributed by atoms with Gasteiger partial charge in [0, 0.05) is 24.7 Å². The molecule has 1 aliphatic rings. The van der Waals surface area contributed by atoms with Crippen LogP contribution in [0.2, 0.25) is 0 Å². The zero-order chi connectivity index (χ0) is 24.6. The van der Waals surface area contributed by atoms with E-state index in [0.29, 0.717) is 22.6 Å². The van der Waals surface area contributed by atoms with Crippen molar-refractivity contribution in [1.82, 2.24) is 24.9 Å². The Bertz CT molecular complexity index is 1370. The molecule has 1 aromatic carbocycles. The zero-order valence-corrected chi connectivity index (χ0v) is 18.4. The number of carboxylic acids is 1. The van der Waals surface area contributed by atoms with Crippen LogP contribution in [-0.2, 0) is 11.3 Å². The molecule has 0 radical (unpaired) electrons. The molecular formula is C23H21F2N7O3. The number of hydrogen-bond donors (Lipinski definition) is 2. The van der Waals surface area contributed by atoms with Gasteiger partial charge in [-0.3, -0.25) is 9.48 Å². The molecule has 5 rings (SSSR count). The number of nitrogens with zero attached hydrogens (tertiary/aromatic N) is 6. The Balaban J connectivity index is 1.48. The monoisotopic (exact) mass is 481 g/mol. The first-order valence-corrected chi connectivity index (χ1v) is 10.9. The predicted octanol–water partition coefficient (Wildman–Crippen LogP) is 2.70. The van der Waals surface area contributed by atoms with Crippen LogP contribution >= 0.6 is 0 Å². The molecule has 1 fully saturated rings. The highest BCUT2D eigenvalue weighted by Gasteiger charge is 2.38. The molecule has 180 valence electrons. The van der Waals surface area contributed by atoms with E-state index in [4.69, 9.17) is 10.3 Å². The Kier molecular flexibility index (Phi) is 5.73. The fourth-order valence-corrected chi connectivity index (χ4v) is 4.02. The molecule has 1 saturated heterocycles. The van der Waals surface area contributed by atoms with Crippen LogP contribution in [-0.4, -0.2) is 54.6 Å². The molecule has 3 aromatic heterocycles. The van der Waals surface area contributed by atoms with E-state index in [1.165, 1.54) is 12.3 Å². The number of carbonyl (C=O) groups is 1. The summed E-state index contributed by atoms with van der Waals surface area (Å²) in [7, 11) is 0. The number of rotatable bonds is 6. The zero-order valence-electron chi connectivity index (χ0n) is 18.4. The maximum atomic E-state index is 14.7. The molecule has 3 N–H and O–H groups in total. The number of piperidine rings is 1. The Hall–Kier alpha value is -4.19. The number of nitrogens with two attached hydrogens (primary N) is 1. The third-order valence-corrected chi connectivity index (χ3v) is 6.09. The summed E-state index contributed by atoms with van der Waals surface area (Å²) in [5.41, 5.74) is 6.36. The number of aromatic nitrogens is 5. The third-order valence-electron chi connectivity index (χ3n) is 6.09. The van der Waals surface area contributed by atoms with E-state index >= 15 is 0 Å². The SMILES string of the molecule is NC1(C(=O)O)CCN(c2nc(-c3cc(-c4ccon4)n(Cc4ccccc4F)n3)ncc2F)CC1. The summed E-state index contributed by atoms with van der Waals surface area (Å²) >= 11 is 0. The standard InChI is InChI=1S/C23H21F2N7O3/c24-15-4-2-1-3-14(15)13-32-19(17-5-10-35-30-17)11-18(29-32)20-27-12-16(25)21(28-20)31-8-6-23(26,7-9-31)22(33)34/h1-5,10-12H,6-9,13,26H2,(H,33,34). The molecule has 1 aliphatic heterocycles. The maximum Gasteiger partial charge on any atom is 0.323 e. The maximum absolute atomic E-state index is 14.7. The van der Waals surface area contributed by atoms with Crippen LogP contribution in [0.15, 0.2) is 53.4 Å². The number of anilines is 1. The van der Waals surface area contributed by atoms with Gasteiger partial charge in [0.05, 0.1) is 18.4 Å². The summed E-state index contributed by atoms with van der Waals surface area (Å²) in [6.45, 7) is 0.562. The summed E-state index contributed by atoms with van der Waals surface area (Å²) < 4.78 is 35.5. The van der Waals surface area contributed by atoms with Gasteiger partial charge in [-0.2, -0.15) is 5.10 Å². The van der Waals surface area contributed by atoms with Crippen LogP contribution in [0.5, 0.6) is 0 Å². The highest BCUT2D eigenvalue weighted by Crippen LogP contribution is 2.29. The number of carboxylic acid groups (broad SMARTS) is 1. The molecule has 0 aliphatic carbocycles. The van der Waals surface area contributed by atoms with Crippen LogP contribution in [0.25, 0.3) is 22.9 Å². The lowest BCUT2D eigenvalue weighted by atomic mass is 9.89. The molecule has 0 unspecified atom stereocenters. The first-order chi connectivity index (χ1) is 16.8. The highest BCUT2D eigenvalue weighted by molar-refractivity contribution is 5.79. The van der Waals surface area contributed by atoms with Crippen molar-refractivity contribution in [2.24, 2.45) is 5.73 Å². The van der Waals surface area contributed by atoms with Gasteiger partial charge >= 0.3 is 5.97 Å². The van der Waals surface area contributed by atoms with Gasteiger partial charge in [-0.1, -0.05) is 23.4 Å². The van der Waals surface area contributed by atoms with Crippen LogP contribution in [0.1, 0.15) is 18.4 Å². The van der Waals surface area contributed by atoms with E-state index in [0.717, 1.165) is 6.20 Å². The number of aliphatic carboxylic acids is 1. The molecule has 0 atom stereocenters. The second-order valence-corrected chi connectivity index (χ2v) is 8.36. The van der Waals surface area contributed by atoms with Gasteiger partial charge < -0.3 is 20.3 Å². The molecule has 4 heterocycles. The van der Waals surface area contributed by atoms with Gasteiger partial charge in [0.25, 0.3) is 0 Å². The lowest BCUT2D eigenvalue weighted by Crippen LogP contribution is -2.56. The fourth-order valence-electron chi connectivity index (χ4n) is 4.02. The first-order valence-electron chi connectivity index (χ1n) is 10.9. The summed E-state index contributed by atoms with van der Waals surface area (Å²) in [5.74, 6) is -1.91. The normalized spacial score (nSPS) is 15.3. The van der Waals surface area contributed by atoms with Crippen LogP contribution in [0, 0.1) is 11.6 Å². The summed E-state index contributed by atoms with van der Waals surface area (Å²) in [4.78, 5) is 21.5. The largest absolute Gasteiger partial charge is 0.480 e. The Morgan fingerprint density at radius 2 is 1.91 bits per heavy atom. The van der Waals surface area contributed by atoms with E-state index in [1.54, 1.807) is 39.9 Å². The minimum absolute atomic E-state index is 0.0362. The Morgan fingerprint density at radius 1 is 1.14 bits per heavy atom. The van der Waals surface area contributed by atoms with Crippen molar-refractivity contribution in [3.63, 3.8) is 0 Å². The molecule has 12 heteroatoms. The minimum Gasteiger partial charge on any atom is -0.480 e. The Morgan fingerprint density at radius 3 is 2.60 bits per heavy atom. The van der Waals surface area contributed by atoms with Gasteiger partial charge in [-0.15, -0.1) is 0 Å². The molecule has 4 aromatic rings. The fraction of sp³-hybridized carbons (Fsp3) is 0.261. The first kappa shape index (κ1) is 22.6. The van der Waals surface area contributed by atoms with E-state index in [9.17, 15) is 18.7 Å². The van der Waals surface area contributed by atoms with Gasteiger partial charge in [0.1, 0.15) is 29.0 Å². The van der Waals surface area contributed by atoms with E-state index < -0.39 is 17.3 Å². The van der Waals surface area contributed by atoms with Gasteiger partial charge in [-0.05, 0) is 25.0 Å². The van der Waals surface area contributed by atoms with E-state index in [1.807, 2.05) is 0 Å². The lowest BCUT2D eigenvalue weighted by Gasteiger charge is -2.36. The predicted molar refractivity (Wildman–Crippen MR) is 120 cm³/mol. The average molecular weight is 481 g/mol. The quantitative estimate of drug-likeness (QED) is 0.426. The topological polar surface area (TPSA) is 136 Å². The van der Waals surface area contributed by atoms with Crippen molar-refractivity contribution in [2.75, 3.05) is 18.0 Å². The van der Waals surface area contributed by atoms with Crippen molar-refractivity contribution in [3.05, 3.63) is 66.1 Å². The van der Waals surface area contributed by atoms with Crippen LogP contribution in [0.3, 0.4) is 0 Å². The molecule has 0 spiro atoms. The number of halogens is 2. The van der Waals surface area contributed by atoms with Crippen LogP contribution in [0.4, 0.5) is 14.6 Å². The van der Waals surface area contributed by atoms with Crippen molar-refractivity contribution in [3.8, 4) is 22.9 Å². The molecular weight excluding hydrogens is 460 g/mol. The molecule has 35 heavy (non-hydrogen) atoms. The number of hydrogen-bond acceptors (Lipinski definition) is 8. The summed E-state index contributed by atoms with van der Waals surface area (Å²) in [6.07, 6.45) is 2.75. The van der Waals surface area contributed by atoms with Crippen molar-refractivity contribution < 1.29 is 23.2 Å². The molecule has 10 nitrogen and oxygen atoms in total. The minimum atomic E-state index is -1.35. The third kappa shape index (κ3) is 4.35. The molecule has 0 bridgehead atoms. The smallest absolute Gasteiger partial charge is 0.323 e. The van der Waals surface area contributed by atoms with Gasteiger partial charge in [0.15, 0.2) is 17.5 Å². The highest BCUT2D eigenvalue weighted by atomic mass is 19.1. The van der Waals surface area contributed by atoms with E-state index in [-0.39, 0.29) is 49.9 Å². The molecule has 0 saturated carbocycles. The summed E-state index contributed by atoms with van der Waals surface area (Å²) in [6, 6.07) is 9.66. The lowest BCUT2D eigenvalue weighted by molar-refractivity contribution is -0.144. The van der Waals surface area contributed by atoms with Crippen molar-refractivity contribution >= 4 is 11.8 Å². The van der Waals surface area contributed by atoms with Crippen molar-refractivity contribution in [1.29, 1.82) is 0 Å². The van der Waals surface area contributed by atoms with Gasteiger partial charge in [-0.25, -0.2) is 18.7 Å². The second kappa shape index (κ2) is 8.87. The summed E-state index contributed by atoms with van der Waals surface area (Å²) in [5, 5.41) is 17.8. The van der Waals surface area contributed by atoms with Crippen molar-refractivity contribution in [2.45, 2.75) is 24.9 Å². The average Bonchev–Trinajstić information content (AvgIpc) is 3.52. The number of benzene rings is 1. The Labute approximate surface area is 198 Å². The molecule has 0 amide bonds.